The molecule has 0 saturated carbocycles. The molecule has 2 amide bonds. The van der Waals surface area contributed by atoms with Gasteiger partial charge in [0.2, 0.25) is 21.8 Å². The van der Waals surface area contributed by atoms with E-state index in [2.05, 4.69) is 10.0 Å². The topological polar surface area (TPSA) is 95.6 Å². The van der Waals surface area contributed by atoms with E-state index in [9.17, 15) is 18.0 Å². The van der Waals surface area contributed by atoms with Crippen molar-refractivity contribution in [3.63, 3.8) is 0 Å². The second kappa shape index (κ2) is 10.7. The zero-order chi connectivity index (χ0) is 22.1. The van der Waals surface area contributed by atoms with Crippen LogP contribution in [0.15, 0.2) is 53.9 Å². The summed E-state index contributed by atoms with van der Waals surface area (Å²) in [5.41, 5.74) is 3.50. The molecule has 0 radical (unpaired) electrons. The molecule has 0 bridgehead atoms. The number of hydrogen-bond donors (Lipinski definition) is 2. The van der Waals surface area contributed by atoms with Crippen molar-refractivity contribution in [2.45, 2.75) is 20.3 Å². The molecule has 2 rings (SSSR count). The van der Waals surface area contributed by atoms with Gasteiger partial charge in [0.25, 0.3) is 0 Å². The molecule has 7 nitrogen and oxygen atoms in total. The van der Waals surface area contributed by atoms with Crippen LogP contribution in [0.1, 0.15) is 23.1 Å². The van der Waals surface area contributed by atoms with E-state index < -0.39 is 10.0 Å². The number of nitrogens with zero attached hydrogens (tertiary/aromatic N) is 1. The molecular weight excluding hydrogens is 402 g/mol. The second-order valence-corrected chi connectivity index (χ2v) is 8.60. The number of carbonyl (C=O) groups is 2. The summed E-state index contributed by atoms with van der Waals surface area (Å²) >= 11 is 0. The highest BCUT2D eigenvalue weighted by atomic mass is 32.2. The Hall–Kier alpha value is -2.97. The van der Waals surface area contributed by atoms with E-state index in [0.29, 0.717) is 5.69 Å². The largest absolute Gasteiger partial charge is 0.336 e. The molecule has 30 heavy (non-hydrogen) atoms. The molecule has 0 heterocycles. The molecule has 0 saturated heterocycles. The first kappa shape index (κ1) is 23.3. The van der Waals surface area contributed by atoms with Crippen molar-refractivity contribution in [1.82, 2.24) is 9.62 Å². The van der Waals surface area contributed by atoms with Crippen LogP contribution in [0.3, 0.4) is 0 Å². The molecule has 8 heteroatoms. The number of rotatable bonds is 9. The number of sulfonamides is 1. The van der Waals surface area contributed by atoms with Gasteiger partial charge in [-0.25, -0.2) is 13.1 Å². The van der Waals surface area contributed by atoms with Gasteiger partial charge in [0.1, 0.15) is 0 Å². The van der Waals surface area contributed by atoms with Crippen LogP contribution < -0.4 is 10.0 Å². The monoisotopic (exact) mass is 429 g/mol. The Bertz CT molecular complexity index is 1020. The molecule has 160 valence electrons. The molecule has 0 aromatic heterocycles. The second-order valence-electron chi connectivity index (χ2n) is 6.95. The van der Waals surface area contributed by atoms with Crippen LogP contribution in [0.2, 0.25) is 0 Å². The molecule has 2 aromatic rings. The van der Waals surface area contributed by atoms with Crippen LogP contribution in [0.4, 0.5) is 5.69 Å². The fourth-order valence-electron chi connectivity index (χ4n) is 2.65. The van der Waals surface area contributed by atoms with Gasteiger partial charge in [-0.3, -0.25) is 9.59 Å². The molecule has 0 unspecified atom stereocenters. The van der Waals surface area contributed by atoms with Crippen LogP contribution in [0.5, 0.6) is 0 Å². The first-order valence-corrected chi connectivity index (χ1v) is 11.1. The summed E-state index contributed by atoms with van der Waals surface area (Å²) in [5.74, 6) is -0.647. The van der Waals surface area contributed by atoms with Crippen LogP contribution in [0, 0.1) is 13.8 Å². The molecular formula is C22H27N3O4S. The fraction of sp³-hybridized carbons (Fsp3) is 0.273. The number of anilines is 1. The van der Waals surface area contributed by atoms with E-state index >= 15 is 0 Å². The van der Waals surface area contributed by atoms with Gasteiger partial charge in [-0.2, -0.15) is 0 Å². The third kappa shape index (κ3) is 7.46. The van der Waals surface area contributed by atoms with Crippen LogP contribution >= 0.6 is 0 Å². The molecule has 0 atom stereocenters. The van der Waals surface area contributed by atoms with E-state index in [1.54, 1.807) is 18.2 Å². The van der Waals surface area contributed by atoms with Gasteiger partial charge in [-0.1, -0.05) is 42.5 Å². The number of aryl methyl sites for hydroxylation is 1. The lowest BCUT2D eigenvalue weighted by Gasteiger charge is -2.17. The Balaban J connectivity index is 1.79. The zero-order valence-electron chi connectivity index (χ0n) is 17.4. The lowest BCUT2D eigenvalue weighted by atomic mass is 10.1. The standard InChI is InChI=1S/C22H27N3O4S/c1-17-8-7-11-20(18(17)2)24-21(26)16-25(3)22(27)12-14-23-30(28,29)15-13-19-9-5-4-6-10-19/h4-11,13,15,23H,12,14,16H2,1-3H3,(H,24,26)/b15-13+. The predicted molar refractivity (Wildman–Crippen MR) is 119 cm³/mol. The van der Waals surface area contributed by atoms with Gasteiger partial charge in [0.05, 0.1) is 6.54 Å². The van der Waals surface area contributed by atoms with E-state index in [4.69, 9.17) is 0 Å². The zero-order valence-corrected chi connectivity index (χ0v) is 18.2. The summed E-state index contributed by atoms with van der Waals surface area (Å²) in [5, 5.41) is 3.86. The van der Waals surface area contributed by atoms with Crippen molar-refractivity contribution in [2.24, 2.45) is 0 Å². The normalized spacial score (nSPS) is 11.4. The van der Waals surface area contributed by atoms with Crippen molar-refractivity contribution in [3.05, 3.63) is 70.6 Å². The number of hydrogen-bond acceptors (Lipinski definition) is 4. The van der Waals surface area contributed by atoms with E-state index in [1.807, 2.05) is 44.2 Å². The average Bonchev–Trinajstić information content (AvgIpc) is 2.70. The van der Waals surface area contributed by atoms with Gasteiger partial charge in [0.15, 0.2) is 0 Å². The quantitative estimate of drug-likeness (QED) is 0.641. The molecule has 0 fully saturated rings. The molecule has 2 aromatic carbocycles. The van der Waals surface area contributed by atoms with Crippen molar-refractivity contribution in [1.29, 1.82) is 0 Å². The molecule has 0 aliphatic rings. The lowest BCUT2D eigenvalue weighted by molar-refractivity contribution is -0.133. The van der Waals surface area contributed by atoms with Gasteiger partial charge in [0, 0.05) is 31.1 Å². The SMILES string of the molecule is Cc1cccc(NC(=O)CN(C)C(=O)CCNS(=O)(=O)/C=C/c2ccccc2)c1C. The third-order valence-electron chi connectivity index (χ3n) is 4.57. The molecule has 0 aliphatic heterocycles. The van der Waals surface area contributed by atoms with Gasteiger partial charge >= 0.3 is 0 Å². The van der Waals surface area contributed by atoms with Gasteiger partial charge in [-0.15, -0.1) is 0 Å². The lowest BCUT2D eigenvalue weighted by Crippen LogP contribution is -2.36. The Kier molecular flexibility index (Phi) is 8.32. The molecule has 0 spiro atoms. The number of carbonyl (C=O) groups excluding carboxylic acids is 2. The van der Waals surface area contributed by atoms with Gasteiger partial charge < -0.3 is 10.2 Å². The first-order valence-electron chi connectivity index (χ1n) is 9.51. The number of likely N-dealkylation sites (N-methyl/N-ethyl adjacent to an activating group) is 1. The van der Waals surface area contributed by atoms with Gasteiger partial charge in [-0.05, 0) is 42.7 Å². The van der Waals surface area contributed by atoms with Crippen molar-refractivity contribution < 1.29 is 18.0 Å². The minimum atomic E-state index is -3.65. The Morgan fingerprint density at radius 2 is 1.73 bits per heavy atom. The number of nitrogens with one attached hydrogen (secondary N) is 2. The number of amides is 2. The third-order valence-corrected chi connectivity index (χ3v) is 5.67. The Labute approximate surface area is 177 Å². The van der Waals surface area contributed by atoms with Crippen molar-refractivity contribution in [3.8, 4) is 0 Å². The van der Waals surface area contributed by atoms with Crippen molar-refractivity contribution >= 4 is 33.6 Å². The van der Waals surface area contributed by atoms with Crippen LogP contribution in [-0.4, -0.2) is 45.3 Å². The summed E-state index contributed by atoms with van der Waals surface area (Å²) in [4.78, 5) is 25.7. The highest BCUT2D eigenvalue weighted by Crippen LogP contribution is 2.17. The smallest absolute Gasteiger partial charge is 0.243 e. The van der Waals surface area contributed by atoms with Crippen LogP contribution in [-0.2, 0) is 19.6 Å². The summed E-state index contributed by atoms with van der Waals surface area (Å²) in [6, 6.07) is 14.6. The maximum absolute atomic E-state index is 12.2. The van der Waals surface area contributed by atoms with E-state index in [-0.39, 0.29) is 31.3 Å². The summed E-state index contributed by atoms with van der Waals surface area (Å²) in [7, 11) is -2.15. The minimum Gasteiger partial charge on any atom is -0.336 e. The van der Waals surface area contributed by atoms with Crippen molar-refractivity contribution in [2.75, 3.05) is 25.5 Å². The number of benzene rings is 2. The highest BCUT2D eigenvalue weighted by Gasteiger charge is 2.15. The first-order chi connectivity index (χ1) is 14.2. The summed E-state index contributed by atoms with van der Waals surface area (Å²) in [6.45, 7) is 3.70. The van der Waals surface area contributed by atoms with E-state index in [0.717, 1.165) is 22.1 Å². The molecule has 2 N–H and O–H groups in total. The Morgan fingerprint density at radius 3 is 2.43 bits per heavy atom. The fourth-order valence-corrected chi connectivity index (χ4v) is 3.47. The Morgan fingerprint density at radius 1 is 1.03 bits per heavy atom. The summed E-state index contributed by atoms with van der Waals surface area (Å²) in [6.07, 6.45) is 1.43. The summed E-state index contributed by atoms with van der Waals surface area (Å²) < 4.78 is 26.4. The maximum Gasteiger partial charge on any atom is 0.243 e. The highest BCUT2D eigenvalue weighted by molar-refractivity contribution is 7.92. The average molecular weight is 430 g/mol. The van der Waals surface area contributed by atoms with Crippen LogP contribution in [0.25, 0.3) is 6.08 Å². The minimum absolute atomic E-state index is 0.0499. The molecule has 0 aliphatic carbocycles. The van der Waals surface area contributed by atoms with E-state index in [1.165, 1.54) is 18.0 Å². The maximum atomic E-state index is 12.2. The predicted octanol–water partition coefficient (Wildman–Crippen LogP) is 2.68.